The fourth-order valence-corrected chi connectivity index (χ4v) is 3.24. The van der Waals surface area contributed by atoms with Crippen molar-refractivity contribution in [3.05, 3.63) is 5.56 Å². The summed E-state index contributed by atoms with van der Waals surface area (Å²) in [6, 6.07) is 0. The van der Waals surface area contributed by atoms with E-state index < -0.39 is 0 Å². The zero-order chi connectivity index (χ0) is 14.5. The van der Waals surface area contributed by atoms with E-state index in [4.69, 9.17) is 5.73 Å². The Morgan fingerprint density at radius 3 is 2.85 bits per heavy atom. The molecule has 1 aliphatic heterocycles. The molecule has 1 fully saturated rings. The van der Waals surface area contributed by atoms with Gasteiger partial charge in [-0.15, -0.1) is 0 Å². The number of nitrogens with two attached hydrogens (primary N) is 1. The van der Waals surface area contributed by atoms with Gasteiger partial charge < -0.3 is 21.3 Å². The lowest BCUT2D eigenvalue weighted by Crippen LogP contribution is -2.30. The summed E-state index contributed by atoms with van der Waals surface area (Å²) < 4.78 is 4.05. The standard InChI is InChI=1S/C13H23N5OS/c1-15-12(19)10-11(14)17-20-13(10)16-6-3-9-4-7-18(2)8-5-9/h9,16H,3-8H2,1-2H3,(H2,14,17)(H,15,19). The largest absolute Gasteiger partial charge is 0.382 e. The second kappa shape index (κ2) is 6.90. The lowest BCUT2D eigenvalue weighted by atomic mass is 9.94. The van der Waals surface area contributed by atoms with E-state index in [1.807, 2.05) is 0 Å². The number of nitrogens with one attached hydrogen (secondary N) is 2. The molecule has 0 radical (unpaired) electrons. The van der Waals surface area contributed by atoms with Crippen LogP contribution in [0.3, 0.4) is 0 Å². The Hall–Kier alpha value is -1.34. The molecule has 0 unspecified atom stereocenters. The second-order valence-corrected chi connectivity index (χ2v) is 6.09. The van der Waals surface area contributed by atoms with Gasteiger partial charge in [-0.25, -0.2) is 0 Å². The van der Waals surface area contributed by atoms with E-state index in [0.29, 0.717) is 11.4 Å². The molecule has 7 heteroatoms. The molecule has 1 saturated heterocycles. The van der Waals surface area contributed by atoms with Crippen molar-refractivity contribution in [2.45, 2.75) is 19.3 Å². The Bertz CT molecular complexity index is 454. The van der Waals surface area contributed by atoms with E-state index in [9.17, 15) is 4.79 Å². The van der Waals surface area contributed by atoms with Crippen molar-refractivity contribution in [3.8, 4) is 0 Å². The SMILES string of the molecule is CNC(=O)c1c(N)nsc1NCCC1CCN(C)CC1. The first-order valence-electron chi connectivity index (χ1n) is 7.01. The topological polar surface area (TPSA) is 83.3 Å². The molecule has 0 spiro atoms. The normalized spacial score (nSPS) is 17.1. The van der Waals surface area contributed by atoms with Crippen molar-refractivity contribution in [2.24, 2.45) is 5.92 Å². The smallest absolute Gasteiger partial charge is 0.257 e. The lowest BCUT2D eigenvalue weighted by molar-refractivity contribution is 0.0965. The van der Waals surface area contributed by atoms with Gasteiger partial charge in [-0.1, -0.05) is 0 Å². The monoisotopic (exact) mass is 297 g/mol. The van der Waals surface area contributed by atoms with Crippen LogP contribution in [0, 0.1) is 5.92 Å². The van der Waals surface area contributed by atoms with Gasteiger partial charge in [-0.2, -0.15) is 4.37 Å². The molecule has 2 rings (SSSR count). The number of nitrogens with zero attached hydrogens (tertiary/aromatic N) is 2. The number of amides is 1. The number of rotatable bonds is 5. The molecule has 0 aromatic carbocycles. The Labute approximate surface area is 123 Å². The molecule has 0 atom stereocenters. The minimum Gasteiger partial charge on any atom is -0.382 e. The second-order valence-electron chi connectivity index (χ2n) is 5.31. The number of carbonyl (C=O) groups is 1. The summed E-state index contributed by atoms with van der Waals surface area (Å²) in [5.74, 6) is 0.890. The first-order chi connectivity index (χ1) is 9.61. The molecule has 4 N–H and O–H groups in total. The molecule has 1 amide bonds. The maximum atomic E-state index is 11.7. The van der Waals surface area contributed by atoms with Crippen LogP contribution in [0.1, 0.15) is 29.6 Å². The van der Waals surface area contributed by atoms with Gasteiger partial charge >= 0.3 is 0 Å². The van der Waals surface area contributed by atoms with Crippen LogP contribution in [0.15, 0.2) is 0 Å². The van der Waals surface area contributed by atoms with Crippen molar-refractivity contribution in [1.82, 2.24) is 14.6 Å². The predicted molar refractivity (Wildman–Crippen MR) is 83.2 cm³/mol. The fourth-order valence-electron chi connectivity index (χ4n) is 2.51. The van der Waals surface area contributed by atoms with Gasteiger partial charge in [0, 0.05) is 13.6 Å². The summed E-state index contributed by atoms with van der Waals surface area (Å²) in [6.45, 7) is 3.23. The highest BCUT2D eigenvalue weighted by molar-refractivity contribution is 7.11. The van der Waals surface area contributed by atoms with Gasteiger partial charge in [0.05, 0.1) is 0 Å². The number of anilines is 2. The predicted octanol–water partition coefficient (Wildman–Crippen LogP) is 1.23. The van der Waals surface area contributed by atoms with Crippen molar-refractivity contribution in [2.75, 3.05) is 44.8 Å². The minimum absolute atomic E-state index is 0.182. The van der Waals surface area contributed by atoms with Crippen LogP contribution < -0.4 is 16.4 Å². The Morgan fingerprint density at radius 2 is 2.20 bits per heavy atom. The number of nitrogen functional groups attached to an aromatic ring is 1. The van der Waals surface area contributed by atoms with Crippen LogP contribution in [0.25, 0.3) is 0 Å². The quantitative estimate of drug-likeness (QED) is 0.761. The third-order valence-electron chi connectivity index (χ3n) is 3.85. The molecule has 6 nitrogen and oxygen atoms in total. The van der Waals surface area contributed by atoms with Crippen LogP contribution in [0.4, 0.5) is 10.8 Å². The Morgan fingerprint density at radius 1 is 1.50 bits per heavy atom. The number of likely N-dealkylation sites (tertiary alicyclic amines) is 1. The van der Waals surface area contributed by atoms with E-state index in [1.165, 1.54) is 37.5 Å². The van der Waals surface area contributed by atoms with Crippen LogP contribution in [-0.2, 0) is 0 Å². The highest BCUT2D eigenvalue weighted by Gasteiger charge is 2.19. The van der Waals surface area contributed by atoms with Crippen LogP contribution in [0.5, 0.6) is 0 Å². The number of hydrogen-bond acceptors (Lipinski definition) is 6. The molecule has 20 heavy (non-hydrogen) atoms. The lowest BCUT2D eigenvalue weighted by Gasteiger charge is -2.28. The first kappa shape index (κ1) is 15.1. The maximum Gasteiger partial charge on any atom is 0.257 e. The van der Waals surface area contributed by atoms with Gasteiger partial charge in [-0.05, 0) is 56.9 Å². The number of aromatic nitrogens is 1. The fraction of sp³-hybridized carbons (Fsp3) is 0.692. The Kier molecular flexibility index (Phi) is 5.19. The number of carbonyl (C=O) groups excluding carboxylic acids is 1. The first-order valence-corrected chi connectivity index (χ1v) is 7.78. The van der Waals surface area contributed by atoms with Crippen molar-refractivity contribution < 1.29 is 4.79 Å². The van der Waals surface area contributed by atoms with E-state index in [2.05, 4.69) is 27.0 Å². The number of piperidine rings is 1. The number of hydrogen-bond donors (Lipinski definition) is 3. The highest BCUT2D eigenvalue weighted by Crippen LogP contribution is 2.27. The molecule has 112 valence electrons. The third kappa shape index (κ3) is 3.61. The van der Waals surface area contributed by atoms with Crippen LogP contribution in [0.2, 0.25) is 0 Å². The van der Waals surface area contributed by atoms with Crippen molar-refractivity contribution in [3.63, 3.8) is 0 Å². The van der Waals surface area contributed by atoms with Gasteiger partial charge in [0.25, 0.3) is 5.91 Å². The molecular formula is C13H23N5OS. The highest BCUT2D eigenvalue weighted by atomic mass is 32.1. The summed E-state index contributed by atoms with van der Waals surface area (Å²) in [5.41, 5.74) is 6.21. The molecule has 1 aromatic heterocycles. The maximum absolute atomic E-state index is 11.7. The zero-order valence-corrected chi connectivity index (χ0v) is 12.9. The van der Waals surface area contributed by atoms with E-state index >= 15 is 0 Å². The third-order valence-corrected chi connectivity index (χ3v) is 4.67. The summed E-state index contributed by atoms with van der Waals surface area (Å²) >= 11 is 1.25. The van der Waals surface area contributed by atoms with Gasteiger partial charge in [0.2, 0.25) is 0 Å². The van der Waals surface area contributed by atoms with E-state index in [0.717, 1.165) is 23.9 Å². The summed E-state index contributed by atoms with van der Waals surface area (Å²) in [6.07, 6.45) is 3.63. The van der Waals surface area contributed by atoms with Crippen molar-refractivity contribution >= 4 is 28.3 Å². The van der Waals surface area contributed by atoms with Crippen LogP contribution >= 0.6 is 11.5 Å². The molecule has 0 aliphatic carbocycles. The molecule has 1 aromatic rings. The van der Waals surface area contributed by atoms with Gasteiger partial charge in [0.15, 0.2) is 5.82 Å². The average Bonchev–Trinajstić information content (AvgIpc) is 2.81. The minimum atomic E-state index is -0.182. The van der Waals surface area contributed by atoms with E-state index in [-0.39, 0.29) is 5.91 Å². The average molecular weight is 297 g/mol. The summed E-state index contributed by atoms with van der Waals surface area (Å²) in [7, 11) is 3.77. The summed E-state index contributed by atoms with van der Waals surface area (Å²) in [4.78, 5) is 14.1. The molecule has 2 heterocycles. The zero-order valence-electron chi connectivity index (χ0n) is 12.1. The van der Waals surface area contributed by atoms with Crippen LogP contribution in [-0.4, -0.2) is 48.9 Å². The van der Waals surface area contributed by atoms with Crippen molar-refractivity contribution in [1.29, 1.82) is 0 Å². The van der Waals surface area contributed by atoms with E-state index in [1.54, 1.807) is 7.05 Å². The molecule has 0 bridgehead atoms. The van der Waals surface area contributed by atoms with Gasteiger partial charge in [0.1, 0.15) is 10.6 Å². The summed E-state index contributed by atoms with van der Waals surface area (Å²) in [5, 5.41) is 6.68. The molecule has 1 aliphatic rings. The molecule has 0 saturated carbocycles. The molecular weight excluding hydrogens is 274 g/mol. The van der Waals surface area contributed by atoms with Gasteiger partial charge in [-0.3, -0.25) is 4.79 Å². The Balaban J connectivity index is 1.84.